The molecule has 1 spiro atoms. The highest BCUT2D eigenvalue weighted by Crippen LogP contribution is 2.46. The number of carbonyl (C=O) groups is 5. The minimum atomic E-state index is -1.02. The van der Waals surface area contributed by atoms with Crippen molar-refractivity contribution in [2.45, 2.75) is 59.4 Å². The van der Waals surface area contributed by atoms with Crippen molar-refractivity contribution in [3.05, 3.63) is 29.8 Å². The van der Waals surface area contributed by atoms with E-state index in [1.807, 2.05) is 32.9 Å². The fourth-order valence-corrected chi connectivity index (χ4v) is 5.62. The Bertz CT molecular complexity index is 1050. The van der Waals surface area contributed by atoms with Gasteiger partial charge >= 0.3 is 12.0 Å². The Morgan fingerprint density at radius 2 is 1.73 bits per heavy atom. The molecule has 5 amide bonds. The predicted molar refractivity (Wildman–Crippen MR) is 136 cm³/mol. The van der Waals surface area contributed by atoms with Crippen molar-refractivity contribution in [3.63, 3.8) is 0 Å². The molecule has 2 fully saturated rings. The maximum absolute atomic E-state index is 13.1. The molecule has 2 aliphatic rings. The number of anilines is 1. The van der Waals surface area contributed by atoms with Crippen LogP contribution in [-0.4, -0.2) is 66.4 Å². The standard InChI is InChI=1S/C26H37N5O6/c1-6-30(7-2)19-10-8-18(9-11-19)22(34)29-28-20(32)15-37-21(33)14-31-23(35)26(27-24(31)36)13-17(3)12-25(4,5)16-26/h8-11,17H,6-7,12-16H2,1-5H3,(H,27,36)(H,28,32)(H,29,34)/t17-,26+/m0/s1. The molecule has 0 unspecified atom stereocenters. The molecular weight excluding hydrogens is 478 g/mol. The van der Waals surface area contributed by atoms with Gasteiger partial charge in [0.25, 0.3) is 17.7 Å². The van der Waals surface area contributed by atoms with Crippen molar-refractivity contribution in [2.75, 3.05) is 31.1 Å². The highest BCUT2D eigenvalue weighted by Gasteiger charge is 2.56. The number of hydrazine groups is 1. The zero-order chi connectivity index (χ0) is 27.4. The number of nitrogens with zero attached hydrogens (tertiary/aromatic N) is 2. The summed E-state index contributed by atoms with van der Waals surface area (Å²) in [7, 11) is 0. The van der Waals surface area contributed by atoms with Crippen molar-refractivity contribution in [1.29, 1.82) is 0 Å². The zero-order valence-electron chi connectivity index (χ0n) is 22.2. The van der Waals surface area contributed by atoms with Crippen LogP contribution in [0.15, 0.2) is 24.3 Å². The Kier molecular flexibility index (Phi) is 8.45. The van der Waals surface area contributed by atoms with E-state index in [1.165, 1.54) is 0 Å². The molecule has 1 saturated heterocycles. The van der Waals surface area contributed by atoms with E-state index in [0.29, 0.717) is 18.4 Å². The highest BCUT2D eigenvalue weighted by molar-refractivity contribution is 6.09. The van der Waals surface area contributed by atoms with Crippen LogP contribution in [0, 0.1) is 11.3 Å². The van der Waals surface area contributed by atoms with Gasteiger partial charge < -0.3 is 15.0 Å². The molecule has 1 saturated carbocycles. The molecule has 11 nitrogen and oxygen atoms in total. The lowest BCUT2D eigenvalue weighted by Gasteiger charge is -2.43. The second-order valence-electron chi connectivity index (χ2n) is 10.6. The van der Waals surface area contributed by atoms with Crippen LogP contribution in [0.4, 0.5) is 10.5 Å². The van der Waals surface area contributed by atoms with E-state index < -0.39 is 48.4 Å². The molecule has 11 heteroatoms. The summed E-state index contributed by atoms with van der Waals surface area (Å²) in [5.41, 5.74) is 4.62. The minimum Gasteiger partial charge on any atom is -0.454 e. The molecule has 3 N–H and O–H groups in total. The average Bonchev–Trinajstić information content (AvgIpc) is 3.04. The van der Waals surface area contributed by atoms with Gasteiger partial charge in [0.2, 0.25) is 0 Å². The number of rotatable bonds is 8. The molecule has 1 aromatic rings. The van der Waals surface area contributed by atoms with Crippen LogP contribution in [0.5, 0.6) is 0 Å². The number of ether oxygens (including phenoxy) is 1. The number of urea groups is 1. The summed E-state index contributed by atoms with van der Waals surface area (Å²) >= 11 is 0. The summed E-state index contributed by atoms with van der Waals surface area (Å²) in [5, 5.41) is 2.79. The van der Waals surface area contributed by atoms with E-state index in [2.05, 4.69) is 34.9 Å². The molecule has 37 heavy (non-hydrogen) atoms. The van der Waals surface area contributed by atoms with Gasteiger partial charge in [-0.3, -0.25) is 34.9 Å². The van der Waals surface area contributed by atoms with E-state index in [4.69, 9.17) is 4.74 Å². The molecule has 1 heterocycles. The number of imide groups is 1. The Morgan fingerprint density at radius 1 is 1.08 bits per heavy atom. The van der Waals surface area contributed by atoms with E-state index in [-0.39, 0.29) is 11.3 Å². The molecule has 1 aliphatic carbocycles. The third-order valence-electron chi connectivity index (χ3n) is 6.85. The first-order valence-electron chi connectivity index (χ1n) is 12.6. The number of nitrogens with one attached hydrogen (secondary N) is 3. The number of benzene rings is 1. The third-order valence-corrected chi connectivity index (χ3v) is 6.85. The Hall–Kier alpha value is -3.63. The normalized spacial score (nSPS) is 22.4. The molecule has 1 aliphatic heterocycles. The Morgan fingerprint density at radius 3 is 2.32 bits per heavy atom. The van der Waals surface area contributed by atoms with Crippen molar-refractivity contribution < 1.29 is 28.7 Å². The molecular formula is C26H37N5O6. The van der Waals surface area contributed by atoms with Crippen LogP contribution in [0.1, 0.15) is 64.2 Å². The first-order valence-corrected chi connectivity index (χ1v) is 12.6. The van der Waals surface area contributed by atoms with Crippen molar-refractivity contribution in [3.8, 4) is 0 Å². The zero-order valence-corrected chi connectivity index (χ0v) is 22.2. The molecule has 3 rings (SSSR count). The molecule has 202 valence electrons. The second kappa shape index (κ2) is 11.2. The van der Waals surface area contributed by atoms with Gasteiger partial charge in [-0.1, -0.05) is 20.8 Å². The fraction of sp³-hybridized carbons (Fsp3) is 0.577. The summed E-state index contributed by atoms with van der Waals surface area (Å²) < 4.78 is 4.92. The highest BCUT2D eigenvalue weighted by atomic mass is 16.5. The van der Waals surface area contributed by atoms with E-state index >= 15 is 0 Å². The van der Waals surface area contributed by atoms with Crippen molar-refractivity contribution in [1.82, 2.24) is 21.1 Å². The third kappa shape index (κ3) is 6.58. The molecule has 0 bridgehead atoms. The first-order chi connectivity index (χ1) is 17.4. The van der Waals surface area contributed by atoms with Gasteiger partial charge in [-0.25, -0.2) is 4.79 Å². The van der Waals surface area contributed by atoms with Gasteiger partial charge in [0.15, 0.2) is 6.61 Å². The SMILES string of the molecule is CCN(CC)c1ccc(C(=O)NNC(=O)COC(=O)CN2C(=O)N[C@@]3(C[C@@H](C)CC(C)(C)C3)C2=O)cc1. The van der Waals surface area contributed by atoms with E-state index in [1.54, 1.807) is 12.1 Å². The monoisotopic (exact) mass is 515 g/mol. The topological polar surface area (TPSA) is 137 Å². The van der Waals surface area contributed by atoms with Crippen LogP contribution in [0.25, 0.3) is 0 Å². The number of esters is 1. The quantitative estimate of drug-likeness (QED) is 0.273. The minimum absolute atomic E-state index is 0.132. The largest absolute Gasteiger partial charge is 0.454 e. The summed E-state index contributed by atoms with van der Waals surface area (Å²) in [6, 6.07) is 6.29. The van der Waals surface area contributed by atoms with E-state index in [9.17, 15) is 24.0 Å². The number of hydrogen-bond acceptors (Lipinski definition) is 7. The maximum Gasteiger partial charge on any atom is 0.326 e. The summed E-state index contributed by atoms with van der Waals surface area (Å²) in [4.78, 5) is 65.2. The fourth-order valence-electron chi connectivity index (χ4n) is 5.62. The van der Waals surface area contributed by atoms with E-state index in [0.717, 1.165) is 30.1 Å². The average molecular weight is 516 g/mol. The number of hydrogen-bond donors (Lipinski definition) is 3. The maximum atomic E-state index is 13.1. The van der Waals surface area contributed by atoms with Crippen LogP contribution >= 0.6 is 0 Å². The summed E-state index contributed by atoms with van der Waals surface area (Å²) in [6.07, 6.45) is 1.93. The van der Waals surface area contributed by atoms with Crippen LogP contribution < -0.4 is 21.1 Å². The van der Waals surface area contributed by atoms with Crippen LogP contribution in [-0.2, 0) is 19.1 Å². The summed E-state index contributed by atoms with van der Waals surface area (Å²) in [5.74, 6) is -2.41. The van der Waals surface area contributed by atoms with Crippen LogP contribution in [0.2, 0.25) is 0 Å². The molecule has 1 aromatic carbocycles. The van der Waals surface area contributed by atoms with Gasteiger partial charge in [0.1, 0.15) is 12.1 Å². The lowest BCUT2D eigenvalue weighted by molar-refractivity contribution is -0.151. The van der Waals surface area contributed by atoms with Gasteiger partial charge in [0, 0.05) is 24.3 Å². The Balaban J connectivity index is 1.46. The van der Waals surface area contributed by atoms with Gasteiger partial charge in [-0.15, -0.1) is 0 Å². The molecule has 0 aromatic heterocycles. The van der Waals surface area contributed by atoms with Crippen molar-refractivity contribution in [2.24, 2.45) is 11.3 Å². The Labute approximate surface area is 217 Å². The van der Waals surface area contributed by atoms with Crippen LogP contribution in [0.3, 0.4) is 0 Å². The second-order valence-corrected chi connectivity index (χ2v) is 10.6. The van der Waals surface area contributed by atoms with Gasteiger partial charge in [0.05, 0.1) is 0 Å². The summed E-state index contributed by atoms with van der Waals surface area (Å²) in [6.45, 7) is 10.6. The lowest BCUT2D eigenvalue weighted by atomic mass is 9.64. The molecule has 0 radical (unpaired) electrons. The van der Waals surface area contributed by atoms with Gasteiger partial charge in [-0.05, 0) is 68.7 Å². The first kappa shape index (κ1) is 27.9. The van der Waals surface area contributed by atoms with Crippen molar-refractivity contribution >= 4 is 35.4 Å². The smallest absolute Gasteiger partial charge is 0.326 e. The number of amides is 5. The predicted octanol–water partition coefficient (Wildman–Crippen LogP) is 1.97. The molecule has 2 atom stereocenters. The van der Waals surface area contributed by atoms with Gasteiger partial charge in [-0.2, -0.15) is 0 Å². The number of carbonyl (C=O) groups excluding carboxylic acids is 5. The lowest BCUT2D eigenvalue weighted by Crippen LogP contribution is -2.54.